The molecule has 0 aromatic rings. The van der Waals surface area contributed by atoms with Gasteiger partial charge in [-0.25, -0.2) is 0 Å². The summed E-state index contributed by atoms with van der Waals surface area (Å²) < 4.78 is 18.6. The molecule has 0 bridgehead atoms. The van der Waals surface area contributed by atoms with Crippen LogP contribution in [0.15, 0.2) is 0 Å². The zero-order valence-electron chi connectivity index (χ0n) is 17.2. The first kappa shape index (κ1) is 23.9. The SMILES string of the molecule is COC(=O)C1CCC(C(=O)OC)CC1.COC(=O)C1CCC(C(=O)OC)CC1. The maximum absolute atomic E-state index is 11.2. The molecule has 2 aliphatic rings. The van der Waals surface area contributed by atoms with Gasteiger partial charge in [0, 0.05) is 0 Å². The Kier molecular flexibility index (Phi) is 10.6. The molecule has 160 valence electrons. The Balaban J connectivity index is 0.000000280. The molecule has 2 aliphatic carbocycles. The van der Waals surface area contributed by atoms with Gasteiger partial charge in [0.2, 0.25) is 0 Å². The van der Waals surface area contributed by atoms with Crippen LogP contribution in [0, 0.1) is 23.7 Å². The van der Waals surface area contributed by atoms with Crippen molar-refractivity contribution < 1.29 is 38.1 Å². The van der Waals surface area contributed by atoms with Crippen LogP contribution in [0.3, 0.4) is 0 Å². The van der Waals surface area contributed by atoms with E-state index in [2.05, 4.69) is 18.9 Å². The van der Waals surface area contributed by atoms with E-state index in [1.54, 1.807) is 0 Å². The molecular formula is C20H32O8. The third-order valence-electron chi connectivity index (χ3n) is 5.59. The topological polar surface area (TPSA) is 105 Å². The molecule has 0 amide bonds. The Labute approximate surface area is 166 Å². The molecule has 0 spiro atoms. The average Bonchev–Trinajstić information content (AvgIpc) is 2.77. The zero-order valence-corrected chi connectivity index (χ0v) is 17.2. The second kappa shape index (κ2) is 12.4. The maximum atomic E-state index is 11.2. The number of carbonyl (C=O) groups is 4. The van der Waals surface area contributed by atoms with E-state index in [0.717, 1.165) is 51.4 Å². The molecule has 0 atom stereocenters. The second-order valence-corrected chi connectivity index (χ2v) is 7.19. The van der Waals surface area contributed by atoms with Gasteiger partial charge in [-0.2, -0.15) is 0 Å². The summed E-state index contributed by atoms with van der Waals surface area (Å²) in [6.07, 6.45) is 5.83. The van der Waals surface area contributed by atoms with E-state index >= 15 is 0 Å². The molecular weight excluding hydrogens is 368 g/mol. The summed E-state index contributed by atoms with van der Waals surface area (Å²) in [6.45, 7) is 0. The fourth-order valence-corrected chi connectivity index (χ4v) is 3.80. The summed E-state index contributed by atoms with van der Waals surface area (Å²) in [4.78, 5) is 44.7. The molecule has 0 heterocycles. The van der Waals surface area contributed by atoms with Crippen molar-refractivity contribution in [3.63, 3.8) is 0 Å². The molecule has 0 aromatic heterocycles. The Morgan fingerprint density at radius 1 is 0.429 bits per heavy atom. The van der Waals surface area contributed by atoms with Gasteiger partial charge < -0.3 is 18.9 Å². The summed E-state index contributed by atoms with van der Waals surface area (Å²) >= 11 is 0. The molecule has 0 aliphatic heterocycles. The minimum Gasteiger partial charge on any atom is -0.469 e. The van der Waals surface area contributed by atoms with Crippen molar-refractivity contribution in [3.05, 3.63) is 0 Å². The number of hydrogen-bond acceptors (Lipinski definition) is 8. The number of carbonyl (C=O) groups excluding carboxylic acids is 4. The third kappa shape index (κ3) is 7.13. The molecule has 2 fully saturated rings. The predicted octanol–water partition coefficient (Wildman–Crippen LogP) is 2.28. The molecule has 8 heteroatoms. The van der Waals surface area contributed by atoms with E-state index in [0.29, 0.717) is 0 Å². The molecule has 2 rings (SSSR count). The van der Waals surface area contributed by atoms with Crippen molar-refractivity contribution in [2.75, 3.05) is 28.4 Å². The van der Waals surface area contributed by atoms with Gasteiger partial charge in [-0.3, -0.25) is 19.2 Å². The molecule has 0 radical (unpaired) electrons. The van der Waals surface area contributed by atoms with E-state index in [9.17, 15) is 19.2 Å². The lowest BCUT2D eigenvalue weighted by Crippen LogP contribution is -2.27. The summed E-state index contributed by atoms with van der Waals surface area (Å²) in [7, 11) is 5.59. The standard InChI is InChI=1S/2C10H16O4/c2*1-13-9(11)7-3-5-8(6-4-7)10(12)14-2/h2*7-8H,3-6H2,1-2H3. The van der Waals surface area contributed by atoms with Crippen molar-refractivity contribution in [3.8, 4) is 0 Å². The maximum Gasteiger partial charge on any atom is 0.308 e. The van der Waals surface area contributed by atoms with Crippen molar-refractivity contribution in [2.45, 2.75) is 51.4 Å². The lowest BCUT2D eigenvalue weighted by Gasteiger charge is -2.24. The molecule has 0 saturated heterocycles. The van der Waals surface area contributed by atoms with Crippen LogP contribution >= 0.6 is 0 Å². The molecule has 8 nitrogen and oxygen atoms in total. The highest BCUT2D eigenvalue weighted by atomic mass is 16.5. The van der Waals surface area contributed by atoms with Crippen LogP contribution in [-0.2, 0) is 38.1 Å². The van der Waals surface area contributed by atoms with Crippen LogP contribution in [0.5, 0.6) is 0 Å². The smallest absolute Gasteiger partial charge is 0.308 e. The Bertz CT molecular complexity index is 432. The largest absolute Gasteiger partial charge is 0.469 e. The predicted molar refractivity (Wildman–Crippen MR) is 99.0 cm³/mol. The number of esters is 4. The number of rotatable bonds is 4. The fraction of sp³-hybridized carbons (Fsp3) is 0.800. The minimum absolute atomic E-state index is 0.0269. The molecule has 2 saturated carbocycles. The molecule has 0 aromatic carbocycles. The number of methoxy groups -OCH3 is 4. The normalized spacial score (nSPS) is 26.7. The fourth-order valence-electron chi connectivity index (χ4n) is 3.80. The zero-order chi connectivity index (χ0) is 21.1. The van der Waals surface area contributed by atoms with E-state index < -0.39 is 0 Å². The van der Waals surface area contributed by atoms with Crippen molar-refractivity contribution in [1.82, 2.24) is 0 Å². The van der Waals surface area contributed by atoms with Gasteiger partial charge >= 0.3 is 23.9 Å². The van der Waals surface area contributed by atoms with Crippen LogP contribution in [-0.4, -0.2) is 52.3 Å². The number of hydrogen-bond donors (Lipinski definition) is 0. The Morgan fingerprint density at radius 3 is 0.679 bits per heavy atom. The highest BCUT2D eigenvalue weighted by Crippen LogP contribution is 2.31. The molecule has 0 unspecified atom stereocenters. The van der Waals surface area contributed by atoms with E-state index in [-0.39, 0.29) is 47.5 Å². The molecule has 28 heavy (non-hydrogen) atoms. The summed E-state index contributed by atoms with van der Waals surface area (Å²) in [5.41, 5.74) is 0. The van der Waals surface area contributed by atoms with Gasteiger partial charge in [0.15, 0.2) is 0 Å². The van der Waals surface area contributed by atoms with E-state index in [4.69, 9.17) is 0 Å². The monoisotopic (exact) mass is 400 g/mol. The minimum atomic E-state index is -0.159. The van der Waals surface area contributed by atoms with E-state index in [1.807, 2.05) is 0 Å². The first-order chi connectivity index (χ1) is 13.4. The van der Waals surface area contributed by atoms with Crippen LogP contribution in [0.1, 0.15) is 51.4 Å². The van der Waals surface area contributed by atoms with Gasteiger partial charge in [0.05, 0.1) is 52.1 Å². The van der Waals surface area contributed by atoms with Crippen LogP contribution in [0.4, 0.5) is 0 Å². The highest BCUT2D eigenvalue weighted by molar-refractivity contribution is 5.75. The Morgan fingerprint density at radius 2 is 0.571 bits per heavy atom. The second-order valence-electron chi connectivity index (χ2n) is 7.19. The quantitative estimate of drug-likeness (QED) is 0.523. The average molecular weight is 400 g/mol. The lowest BCUT2D eigenvalue weighted by atomic mass is 9.82. The van der Waals surface area contributed by atoms with Crippen molar-refractivity contribution >= 4 is 23.9 Å². The summed E-state index contributed by atoms with van der Waals surface area (Å²) in [6, 6.07) is 0. The molecule has 0 N–H and O–H groups in total. The van der Waals surface area contributed by atoms with Gasteiger partial charge in [-0.1, -0.05) is 0 Å². The van der Waals surface area contributed by atoms with Crippen molar-refractivity contribution in [2.24, 2.45) is 23.7 Å². The Hall–Kier alpha value is -2.12. The van der Waals surface area contributed by atoms with Crippen molar-refractivity contribution in [1.29, 1.82) is 0 Å². The first-order valence-electron chi connectivity index (χ1n) is 9.69. The first-order valence-corrected chi connectivity index (χ1v) is 9.69. The van der Waals surface area contributed by atoms with Gasteiger partial charge in [0.1, 0.15) is 0 Å². The van der Waals surface area contributed by atoms with Gasteiger partial charge in [-0.15, -0.1) is 0 Å². The highest BCUT2D eigenvalue weighted by Gasteiger charge is 2.31. The van der Waals surface area contributed by atoms with E-state index in [1.165, 1.54) is 28.4 Å². The van der Waals surface area contributed by atoms with Gasteiger partial charge in [-0.05, 0) is 51.4 Å². The lowest BCUT2D eigenvalue weighted by molar-refractivity contribution is -0.151. The van der Waals surface area contributed by atoms with Crippen LogP contribution in [0.25, 0.3) is 0 Å². The number of ether oxygens (including phenoxy) is 4. The van der Waals surface area contributed by atoms with Crippen LogP contribution in [0.2, 0.25) is 0 Å². The summed E-state index contributed by atoms with van der Waals surface area (Å²) in [5.74, 6) is -0.744. The van der Waals surface area contributed by atoms with Crippen LogP contribution < -0.4 is 0 Å². The third-order valence-corrected chi connectivity index (χ3v) is 5.59. The van der Waals surface area contributed by atoms with Gasteiger partial charge in [0.25, 0.3) is 0 Å². The summed E-state index contributed by atoms with van der Waals surface area (Å²) in [5, 5.41) is 0.